The summed E-state index contributed by atoms with van der Waals surface area (Å²) in [7, 11) is -5.23. The molecule has 0 aliphatic heterocycles. The second-order valence-corrected chi connectivity index (χ2v) is 9.96. The number of hydrogen-bond donors (Lipinski definition) is 7. The molecule has 36 heavy (non-hydrogen) atoms. The lowest BCUT2D eigenvalue weighted by atomic mass is 9.79. The van der Waals surface area contributed by atoms with Crippen LogP contribution in [-0.2, 0) is 19.3 Å². The van der Waals surface area contributed by atoms with Crippen molar-refractivity contribution in [2.24, 2.45) is 5.73 Å². The number of guanidine groups is 1. The van der Waals surface area contributed by atoms with Gasteiger partial charge in [-0.15, -0.1) is 0 Å². The Labute approximate surface area is 208 Å². The van der Waals surface area contributed by atoms with E-state index in [9.17, 15) is 23.9 Å². The molecule has 0 aromatic heterocycles. The topological polar surface area (TPSA) is 178 Å². The smallest absolute Gasteiger partial charge is 0.342 e. The molecule has 3 aromatic rings. The number of carbonyl (C=O) groups is 2. The first-order valence-corrected chi connectivity index (χ1v) is 12.5. The number of anilines is 2. The summed E-state index contributed by atoms with van der Waals surface area (Å²) in [5.74, 6) is -1.39. The van der Waals surface area contributed by atoms with Crippen molar-refractivity contribution < 1.29 is 23.9 Å². The van der Waals surface area contributed by atoms with Gasteiger partial charge in [-0.2, -0.15) is 0 Å². The van der Waals surface area contributed by atoms with Gasteiger partial charge in [0.1, 0.15) is 5.16 Å². The molecule has 0 spiro atoms. The first-order chi connectivity index (χ1) is 17.0. The van der Waals surface area contributed by atoms with Gasteiger partial charge in [0, 0.05) is 30.8 Å². The summed E-state index contributed by atoms with van der Waals surface area (Å²) in [6.45, 7) is 2.60. The van der Waals surface area contributed by atoms with Crippen LogP contribution in [0.1, 0.15) is 36.6 Å². The molecule has 0 fully saturated rings. The van der Waals surface area contributed by atoms with Crippen LogP contribution in [0.25, 0.3) is 0 Å². The highest BCUT2D eigenvalue weighted by atomic mass is 31.2. The molecule has 2 amide bonds. The highest BCUT2D eigenvalue weighted by Gasteiger charge is 2.58. The van der Waals surface area contributed by atoms with Gasteiger partial charge in [-0.05, 0) is 23.3 Å². The van der Waals surface area contributed by atoms with Gasteiger partial charge in [-0.3, -0.25) is 19.6 Å². The number of rotatable bonds is 8. The number of para-hydroxylation sites is 2. The van der Waals surface area contributed by atoms with E-state index in [1.807, 2.05) is 0 Å². The largest absolute Gasteiger partial charge is 0.370 e. The van der Waals surface area contributed by atoms with Crippen LogP contribution in [0.4, 0.5) is 11.4 Å². The zero-order valence-corrected chi connectivity index (χ0v) is 20.6. The SMILES string of the molecule is CC(=O)Nc1ccccc1C(NC(=N)N)C(c1ccccc1)(c1ccccc1NC(C)=O)P(=O)(O)O. The molecule has 3 aromatic carbocycles. The van der Waals surface area contributed by atoms with Crippen molar-refractivity contribution in [3.05, 3.63) is 95.6 Å². The van der Waals surface area contributed by atoms with Crippen LogP contribution < -0.4 is 21.7 Å². The van der Waals surface area contributed by atoms with Crippen molar-refractivity contribution in [2.75, 3.05) is 10.6 Å². The molecule has 0 bridgehead atoms. The van der Waals surface area contributed by atoms with Gasteiger partial charge in [0.2, 0.25) is 11.8 Å². The molecule has 188 valence electrons. The number of amides is 2. The quantitative estimate of drug-likeness (QED) is 0.138. The lowest BCUT2D eigenvalue weighted by molar-refractivity contribution is -0.115. The van der Waals surface area contributed by atoms with E-state index in [0.29, 0.717) is 0 Å². The van der Waals surface area contributed by atoms with Crippen LogP contribution in [0, 0.1) is 5.41 Å². The van der Waals surface area contributed by atoms with Crippen LogP contribution in [-0.4, -0.2) is 27.6 Å². The Hall–Kier alpha value is -3.98. The Morgan fingerprint density at radius 3 is 1.92 bits per heavy atom. The van der Waals surface area contributed by atoms with Crippen LogP contribution in [0.2, 0.25) is 0 Å². The molecule has 0 aliphatic carbocycles. The second-order valence-electron chi connectivity index (χ2n) is 8.16. The third-order valence-electron chi connectivity index (χ3n) is 5.62. The minimum Gasteiger partial charge on any atom is -0.370 e. The summed E-state index contributed by atoms with van der Waals surface area (Å²) in [5, 5.41) is 13.9. The molecule has 2 atom stereocenters. The van der Waals surface area contributed by atoms with E-state index >= 15 is 0 Å². The predicted octanol–water partition coefficient (Wildman–Crippen LogP) is 3.25. The highest BCUT2D eigenvalue weighted by molar-refractivity contribution is 7.53. The first kappa shape index (κ1) is 26.6. The van der Waals surface area contributed by atoms with Crippen molar-refractivity contribution in [2.45, 2.75) is 25.0 Å². The average Bonchev–Trinajstić information content (AvgIpc) is 2.79. The fourth-order valence-electron chi connectivity index (χ4n) is 4.39. The standard InChI is InChI=1S/C25H28N5O5P/c1-16(31)28-21-14-8-6-12-19(21)23(30-24(26)27)25(36(33,34)35,18-10-4-3-5-11-18)20-13-7-9-15-22(20)29-17(2)32/h3-15,23H,1-2H3,(H,28,31)(H,29,32)(H4,26,27,30)(H2,33,34,35). The third-order valence-corrected chi connectivity index (χ3v) is 7.30. The van der Waals surface area contributed by atoms with Crippen molar-refractivity contribution >= 4 is 36.7 Å². The van der Waals surface area contributed by atoms with Gasteiger partial charge < -0.3 is 31.5 Å². The number of benzene rings is 3. The predicted molar refractivity (Wildman–Crippen MR) is 139 cm³/mol. The normalized spacial score (nSPS) is 13.7. The molecule has 0 radical (unpaired) electrons. The number of nitrogens with one attached hydrogen (secondary N) is 4. The van der Waals surface area contributed by atoms with Crippen molar-refractivity contribution in [3.63, 3.8) is 0 Å². The molecule has 3 rings (SSSR count). The molecule has 0 heterocycles. The van der Waals surface area contributed by atoms with E-state index in [-0.39, 0.29) is 28.1 Å². The Balaban J connectivity index is 2.54. The van der Waals surface area contributed by atoms with Crippen molar-refractivity contribution in [1.29, 1.82) is 5.41 Å². The summed E-state index contributed by atoms with van der Waals surface area (Å²) < 4.78 is 13.8. The Bertz CT molecular complexity index is 1330. The summed E-state index contributed by atoms with van der Waals surface area (Å²) in [5.41, 5.74) is 6.77. The van der Waals surface area contributed by atoms with E-state index in [1.54, 1.807) is 66.7 Å². The Morgan fingerprint density at radius 1 is 0.861 bits per heavy atom. The van der Waals surface area contributed by atoms with Gasteiger partial charge >= 0.3 is 7.60 Å². The molecular formula is C25H28N5O5P. The van der Waals surface area contributed by atoms with E-state index < -0.39 is 36.6 Å². The molecule has 10 nitrogen and oxygen atoms in total. The lowest BCUT2D eigenvalue weighted by Gasteiger charge is -2.43. The maximum atomic E-state index is 13.8. The molecule has 0 aliphatic rings. The Kier molecular flexibility index (Phi) is 7.94. The molecule has 2 unspecified atom stereocenters. The van der Waals surface area contributed by atoms with Crippen LogP contribution in [0.3, 0.4) is 0 Å². The van der Waals surface area contributed by atoms with E-state index in [1.165, 1.54) is 26.0 Å². The van der Waals surface area contributed by atoms with Gasteiger partial charge in [-0.25, -0.2) is 0 Å². The molecule has 0 saturated carbocycles. The van der Waals surface area contributed by atoms with E-state index in [4.69, 9.17) is 11.1 Å². The van der Waals surface area contributed by atoms with E-state index in [2.05, 4.69) is 16.0 Å². The van der Waals surface area contributed by atoms with Crippen molar-refractivity contribution in [3.8, 4) is 0 Å². The summed E-state index contributed by atoms with van der Waals surface area (Å²) in [6.07, 6.45) is 0. The number of hydrogen-bond acceptors (Lipinski definition) is 4. The zero-order valence-electron chi connectivity index (χ0n) is 19.7. The second kappa shape index (κ2) is 10.7. The molecule has 0 saturated heterocycles. The fraction of sp³-hybridized carbons (Fsp3) is 0.160. The average molecular weight is 510 g/mol. The highest BCUT2D eigenvalue weighted by Crippen LogP contribution is 2.67. The van der Waals surface area contributed by atoms with Crippen molar-refractivity contribution in [1.82, 2.24) is 5.32 Å². The maximum absolute atomic E-state index is 13.8. The number of nitrogens with two attached hydrogens (primary N) is 1. The minimum atomic E-state index is -5.23. The van der Waals surface area contributed by atoms with Gasteiger partial charge in [0.05, 0.1) is 6.04 Å². The number of carbonyl (C=O) groups excluding carboxylic acids is 2. The third kappa shape index (κ3) is 5.31. The minimum absolute atomic E-state index is 0.0936. The molecule has 8 N–H and O–H groups in total. The fourth-order valence-corrected chi connectivity index (χ4v) is 5.93. The maximum Gasteiger partial charge on any atom is 0.342 e. The molecular weight excluding hydrogens is 481 g/mol. The Morgan fingerprint density at radius 2 is 1.36 bits per heavy atom. The lowest BCUT2D eigenvalue weighted by Crippen LogP contribution is -2.47. The van der Waals surface area contributed by atoms with Gasteiger partial charge in [-0.1, -0.05) is 66.7 Å². The van der Waals surface area contributed by atoms with Gasteiger partial charge in [0.25, 0.3) is 0 Å². The van der Waals surface area contributed by atoms with Crippen LogP contribution in [0.15, 0.2) is 78.9 Å². The van der Waals surface area contributed by atoms with E-state index in [0.717, 1.165) is 0 Å². The van der Waals surface area contributed by atoms with Gasteiger partial charge in [0.15, 0.2) is 5.96 Å². The molecule has 11 heteroatoms. The van der Waals surface area contributed by atoms with Crippen LogP contribution in [0.5, 0.6) is 0 Å². The summed E-state index contributed by atoms with van der Waals surface area (Å²) >= 11 is 0. The monoisotopic (exact) mass is 509 g/mol. The first-order valence-electron chi connectivity index (χ1n) is 10.9. The zero-order chi connectivity index (χ0) is 26.5. The summed E-state index contributed by atoms with van der Waals surface area (Å²) in [6, 6.07) is 19.4. The summed E-state index contributed by atoms with van der Waals surface area (Å²) in [4.78, 5) is 46.4. The van der Waals surface area contributed by atoms with Crippen LogP contribution >= 0.6 is 7.60 Å².